The number of nitrogens with one attached hydrogen (secondary N) is 2. The van der Waals surface area contributed by atoms with Crippen LogP contribution in [0.5, 0.6) is 0 Å². The predicted molar refractivity (Wildman–Crippen MR) is 61.0 cm³/mol. The van der Waals surface area contributed by atoms with Crippen molar-refractivity contribution in [3.8, 4) is 0 Å². The van der Waals surface area contributed by atoms with Gasteiger partial charge in [-0.15, -0.1) is 0 Å². The molecule has 0 saturated heterocycles. The molecule has 6 heteroatoms. The minimum atomic E-state index is -4.78. The lowest BCUT2D eigenvalue weighted by atomic mass is 10.1. The van der Waals surface area contributed by atoms with E-state index >= 15 is 0 Å². The van der Waals surface area contributed by atoms with Gasteiger partial charge in [-0.3, -0.25) is 4.79 Å². The third kappa shape index (κ3) is 3.37. The van der Waals surface area contributed by atoms with E-state index in [-0.39, 0.29) is 12.1 Å². The molecular weight excluding hydrogens is 245 g/mol. The van der Waals surface area contributed by atoms with Crippen molar-refractivity contribution in [3.05, 3.63) is 0 Å². The first-order valence-corrected chi connectivity index (χ1v) is 6.60. The Labute approximate surface area is 104 Å². The Hall–Kier alpha value is -0.780. The van der Waals surface area contributed by atoms with Crippen molar-refractivity contribution in [3.63, 3.8) is 0 Å². The van der Waals surface area contributed by atoms with Crippen LogP contribution in [0.15, 0.2) is 0 Å². The third-order valence-electron chi connectivity index (χ3n) is 3.89. The highest BCUT2D eigenvalue weighted by Gasteiger charge is 2.42. The Morgan fingerprint density at radius 1 is 0.944 bits per heavy atom. The Balaban J connectivity index is 1.85. The first kappa shape index (κ1) is 13.6. The monoisotopic (exact) mass is 264 g/mol. The van der Waals surface area contributed by atoms with E-state index in [1.807, 2.05) is 0 Å². The van der Waals surface area contributed by atoms with Gasteiger partial charge in [-0.25, -0.2) is 0 Å². The van der Waals surface area contributed by atoms with E-state index in [1.54, 1.807) is 0 Å². The molecule has 0 aliphatic heterocycles. The van der Waals surface area contributed by atoms with Crippen molar-refractivity contribution in [2.45, 2.75) is 69.2 Å². The molecule has 1 amide bonds. The van der Waals surface area contributed by atoms with Crippen molar-refractivity contribution in [1.82, 2.24) is 10.6 Å². The van der Waals surface area contributed by atoms with Crippen LogP contribution in [0.4, 0.5) is 13.2 Å². The molecule has 0 spiro atoms. The molecule has 2 atom stereocenters. The SMILES string of the molecule is O=C(N[C@H]1CCC[C@H]1NC1CCCC1)C(F)(F)F. The number of carbonyl (C=O) groups is 1. The van der Waals surface area contributed by atoms with Gasteiger partial charge in [-0.1, -0.05) is 12.8 Å². The minimum Gasteiger partial charge on any atom is -0.344 e. The highest BCUT2D eigenvalue weighted by atomic mass is 19.4. The zero-order valence-electron chi connectivity index (χ0n) is 10.2. The average molecular weight is 264 g/mol. The van der Waals surface area contributed by atoms with E-state index in [9.17, 15) is 18.0 Å². The quantitative estimate of drug-likeness (QED) is 0.819. The zero-order chi connectivity index (χ0) is 13.2. The van der Waals surface area contributed by atoms with Crippen LogP contribution in [0.2, 0.25) is 0 Å². The van der Waals surface area contributed by atoms with Crippen LogP contribution in [-0.4, -0.2) is 30.2 Å². The molecule has 0 aromatic carbocycles. The molecule has 2 saturated carbocycles. The van der Waals surface area contributed by atoms with Crippen LogP contribution in [-0.2, 0) is 4.79 Å². The summed E-state index contributed by atoms with van der Waals surface area (Å²) in [6, 6.07) is 0.0394. The summed E-state index contributed by atoms with van der Waals surface area (Å²) in [6.07, 6.45) is 2.13. The number of hydrogen-bond acceptors (Lipinski definition) is 2. The maximum Gasteiger partial charge on any atom is 0.471 e. The summed E-state index contributed by atoms with van der Waals surface area (Å²) in [5.41, 5.74) is 0. The minimum absolute atomic E-state index is 0.000556. The smallest absolute Gasteiger partial charge is 0.344 e. The van der Waals surface area contributed by atoms with Gasteiger partial charge < -0.3 is 10.6 Å². The molecule has 2 aliphatic carbocycles. The van der Waals surface area contributed by atoms with Crippen molar-refractivity contribution < 1.29 is 18.0 Å². The first-order chi connectivity index (χ1) is 8.47. The summed E-state index contributed by atoms with van der Waals surface area (Å²) < 4.78 is 36.6. The summed E-state index contributed by atoms with van der Waals surface area (Å²) in [4.78, 5) is 10.9. The maximum atomic E-state index is 12.2. The van der Waals surface area contributed by atoms with Crippen molar-refractivity contribution >= 4 is 5.91 Å². The molecule has 0 radical (unpaired) electrons. The fourth-order valence-electron chi connectivity index (χ4n) is 2.98. The molecule has 0 heterocycles. The molecule has 104 valence electrons. The molecule has 2 aliphatic rings. The Morgan fingerprint density at radius 2 is 1.56 bits per heavy atom. The van der Waals surface area contributed by atoms with Gasteiger partial charge in [0.15, 0.2) is 0 Å². The van der Waals surface area contributed by atoms with E-state index in [4.69, 9.17) is 0 Å². The van der Waals surface area contributed by atoms with Crippen LogP contribution in [0.3, 0.4) is 0 Å². The van der Waals surface area contributed by atoms with Gasteiger partial charge in [0.2, 0.25) is 0 Å². The maximum absolute atomic E-state index is 12.2. The summed E-state index contributed by atoms with van der Waals surface area (Å²) in [7, 11) is 0. The normalized spacial score (nSPS) is 29.7. The second kappa shape index (κ2) is 5.47. The fourth-order valence-corrected chi connectivity index (χ4v) is 2.98. The summed E-state index contributed by atoms with van der Waals surface area (Å²) in [5.74, 6) is -1.81. The van der Waals surface area contributed by atoms with Gasteiger partial charge in [0.25, 0.3) is 0 Å². The molecule has 2 rings (SSSR count). The number of carbonyl (C=O) groups excluding carboxylic acids is 1. The Kier molecular flexibility index (Phi) is 4.14. The number of hydrogen-bond donors (Lipinski definition) is 2. The van der Waals surface area contributed by atoms with E-state index in [0.717, 1.165) is 25.7 Å². The standard InChI is InChI=1S/C12H19F3N2O/c13-12(14,15)11(18)17-10-7-3-6-9(10)16-8-4-1-2-5-8/h8-10,16H,1-7H2,(H,17,18)/t9-,10+/m1/s1. The number of rotatable bonds is 3. The molecule has 18 heavy (non-hydrogen) atoms. The second-order valence-electron chi connectivity index (χ2n) is 5.26. The van der Waals surface area contributed by atoms with Crippen LogP contribution in [0.25, 0.3) is 0 Å². The molecule has 2 fully saturated rings. The van der Waals surface area contributed by atoms with Gasteiger partial charge in [0, 0.05) is 18.1 Å². The topological polar surface area (TPSA) is 41.1 Å². The summed E-state index contributed by atoms with van der Waals surface area (Å²) >= 11 is 0. The third-order valence-corrected chi connectivity index (χ3v) is 3.89. The van der Waals surface area contributed by atoms with Gasteiger partial charge in [-0.05, 0) is 32.1 Å². The van der Waals surface area contributed by atoms with Crippen LogP contribution < -0.4 is 10.6 Å². The Morgan fingerprint density at radius 3 is 2.17 bits per heavy atom. The largest absolute Gasteiger partial charge is 0.471 e. The lowest BCUT2D eigenvalue weighted by molar-refractivity contribution is -0.174. The predicted octanol–water partition coefficient (Wildman–Crippen LogP) is 2.12. The Bertz CT molecular complexity index is 300. The molecular formula is C12H19F3N2O. The lowest BCUT2D eigenvalue weighted by Crippen LogP contribution is -2.52. The van der Waals surface area contributed by atoms with Crippen LogP contribution >= 0.6 is 0 Å². The van der Waals surface area contributed by atoms with E-state index in [1.165, 1.54) is 12.8 Å². The van der Waals surface area contributed by atoms with Gasteiger partial charge in [0.1, 0.15) is 0 Å². The van der Waals surface area contributed by atoms with E-state index < -0.39 is 12.1 Å². The van der Waals surface area contributed by atoms with Crippen molar-refractivity contribution in [1.29, 1.82) is 0 Å². The van der Waals surface area contributed by atoms with Crippen LogP contribution in [0.1, 0.15) is 44.9 Å². The summed E-state index contributed by atoms with van der Waals surface area (Å²) in [6.45, 7) is 0. The number of halogens is 3. The van der Waals surface area contributed by atoms with E-state index in [2.05, 4.69) is 10.6 Å². The van der Waals surface area contributed by atoms with Gasteiger partial charge in [-0.2, -0.15) is 13.2 Å². The molecule has 0 unspecified atom stereocenters. The highest BCUT2D eigenvalue weighted by molar-refractivity contribution is 5.82. The first-order valence-electron chi connectivity index (χ1n) is 6.60. The zero-order valence-corrected chi connectivity index (χ0v) is 10.2. The van der Waals surface area contributed by atoms with Gasteiger partial charge in [0.05, 0.1) is 0 Å². The number of alkyl halides is 3. The number of amides is 1. The average Bonchev–Trinajstić information content (AvgIpc) is 2.90. The molecule has 0 bridgehead atoms. The fraction of sp³-hybridized carbons (Fsp3) is 0.917. The van der Waals surface area contributed by atoms with Gasteiger partial charge >= 0.3 is 12.1 Å². The van der Waals surface area contributed by atoms with Crippen molar-refractivity contribution in [2.24, 2.45) is 0 Å². The van der Waals surface area contributed by atoms with Crippen molar-refractivity contribution in [2.75, 3.05) is 0 Å². The van der Waals surface area contributed by atoms with E-state index in [0.29, 0.717) is 12.5 Å². The van der Waals surface area contributed by atoms with Crippen LogP contribution in [0, 0.1) is 0 Å². The lowest BCUT2D eigenvalue weighted by Gasteiger charge is -2.25. The highest BCUT2D eigenvalue weighted by Crippen LogP contribution is 2.25. The second-order valence-corrected chi connectivity index (χ2v) is 5.26. The molecule has 3 nitrogen and oxygen atoms in total. The summed E-state index contributed by atoms with van der Waals surface area (Å²) in [5, 5.41) is 5.52. The molecule has 0 aromatic heterocycles. The molecule has 0 aromatic rings. The molecule has 2 N–H and O–H groups in total.